The zero-order chi connectivity index (χ0) is 11.0. The Kier molecular flexibility index (Phi) is 2.37. The van der Waals surface area contributed by atoms with Crippen molar-refractivity contribution < 1.29 is 0 Å². The van der Waals surface area contributed by atoms with Crippen LogP contribution in [0.4, 0.5) is 0 Å². The summed E-state index contributed by atoms with van der Waals surface area (Å²) in [4.78, 5) is 4.34. The molecule has 1 fully saturated rings. The van der Waals surface area contributed by atoms with E-state index in [0.29, 0.717) is 11.8 Å². The molecule has 0 spiro atoms. The second-order valence-electron chi connectivity index (χ2n) is 4.64. The second-order valence-corrected chi connectivity index (χ2v) is 4.64. The molecule has 1 aromatic heterocycles. The second kappa shape index (κ2) is 3.87. The number of benzene rings is 1. The maximum atomic E-state index is 5.76. The zero-order valence-corrected chi connectivity index (χ0v) is 9.26. The minimum atomic E-state index is 0.676. The van der Waals surface area contributed by atoms with E-state index in [1.807, 2.05) is 12.3 Å². The van der Waals surface area contributed by atoms with E-state index in [1.165, 1.54) is 23.8 Å². The molecule has 1 aliphatic carbocycles. The van der Waals surface area contributed by atoms with E-state index >= 15 is 0 Å². The van der Waals surface area contributed by atoms with Gasteiger partial charge in [-0.1, -0.05) is 12.1 Å². The van der Waals surface area contributed by atoms with Crippen LogP contribution in [0.15, 0.2) is 36.5 Å². The normalized spacial score (nSPS) is 24.3. The van der Waals surface area contributed by atoms with Gasteiger partial charge in [-0.2, -0.15) is 0 Å². The van der Waals surface area contributed by atoms with Gasteiger partial charge in [0.1, 0.15) is 0 Å². The molecule has 0 bridgehead atoms. The Hall–Kier alpha value is -1.41. The molecule has 1 aromatic carbocycles. The van der Waals surface area contributed by atoms with Gasteiger partial charge in [0.05, 0.1) is 5.52 Å². The van der Waals surface area contributed by atoms with E-state index in [0.717, 1.165) is 12.1 Å². The molecule has 2 atom stereocenters. The molecule has 0 saturated heterocycles. The predicted octanol–water partition coefficient (Wildman–Crippen LogP) is 2.69. The number of hydrogen-bond donors (Lipinski definition) is 1. The molecule has 1 heterocycles. The molecule has 2 heteroatoms. The summed E-state index contributed by atoms with van der Waals surface area (Å²) in [7, 11) is 0. The minimum absolute atomic E-state index is 0.676. The van der Waals surface area contributed by atoms with Crippen LogP contribution < -0.4 is 5.73 Å². The highest BCUT2D eigenvalue weighted by Crippen LogP contribution is 2.42. The average molecular weight is 212 g/mol. The molecular formula is C14H16N2. The molecule has 16 heavy (non-hydrogen) atoms. The first kappa shape index (κ1) is 9.79. The van der Waals surface area contributed by atoms with Crippen LogP contribution in [0.5, 0.6) is 0 Å². The third-order valence-electron chi connectivity index (χ3n) is 3.78. The SMILES string of the molecule is NCC1CCC1c1ccc2ncccc2c1. The number of nitrogens with zero attached hydrogens (tertiary/aromatic N) is 1. The number of nitrogens with two attached hydrogens (primary N) is 1. The van der Waals surface area contributed by atoms with Gasteiger partial charge in [0, 0.05) is 11.6 Å². The van der Waals surface area contributed by atoms with E-state index < -0.39 is 0 Å². The summed E-state index contributed by atoms with van der Waals surface area (Å²) in [6.45, 7) is 0.815. The Balaban J connectivity index is 1.99. The fourth-order valence-electron chi connectivity index (χ4n) is 2.61. The van der Waals surface area contributed by atoms with Gasteiger partial charge in [0.15, 0.2) is 0 Å². The number of pyridine rings is 1. The van der Waals surface area contributed by atoms with Gasteiger partial charge in [-0.15, -0.1) is 0 Å². The first-order chi connectivity index (χ1) is 7.88. The van der Waals surface area contributed by atoms with E-state index in [1.54, 1.807) is 0 Å². The smallest absolute Gasteiger partial charge is 0.0702 e. The Morgan fingerprint density at radius 1 is 1.25 bits per heavy atom. The Labute approximate surface area is 95.5 Å². The lowest BCUT2D eigenvalue weighted by molar-refractivity contribution is 0.263. The Bertz CT molecular complexity index is 505. The third kappa shape index (κ3) is 1.50. The first-order valence-electron chi connectivity index (χ1n) is 5.93. The van der Waals surface area contributed by atoms with Gasteiger partial charge in [0.25, 0.3) is 0 Å². The van der Waals surface area contributed by atoms with Crippen LogP contribution in [-0.4, -0.2) is 11.5 Å². The van der Waals surface area contributed by atoms with Gasteiger partial charge in [-0.25, -0.2) is 0 Å². The highest BCUT2D eigenvalue weighted by Gasteiger charge is 2.30. The van der Waals surface area contributed by atoms with Crippen LogP contribution >= 0.6 is 0 Å². The molecule has 1 aliphatic rings. The molecule has 1 saturated carbocycles. The number of hydrogen-bond acceptors (Lipinski definition) is 2. The van der Waals surface area contributed by atoms with Crippen molar-refractivity contribution in [1.82, 2.24) is 4.98 Å². The van der Waals surface area contributed by atoms with Gasteiger partial charge >= 0.3 is 0 Å². The first-order valence-corrected chi connectivity index (χ1v) is 5.93. The van der Waals surface area contributed by atoms with Gasteiger partial charge in [-0.05, 0) is 55.0 Å². The fraction of sp³-hybridized carbons (Fsp3) is 0.357. The summed E-state index contributed by atoms with van der Waals surface area (Å²) < 4.78 is 0. The largest absolute Gasteiger partial charge is 0.330 e. The Morgan fingerprint density at radius 2 is 2.19 bits per heavy atom. The van der Waals surface area contributed by atoms with Crippen molar-refractivity contribution in [2.45, 2.75) is 18.8 Å². The van der Waals surface area contributed by atoms with Crippen LogP contribution in [0.3, 0.4) is 0 Å². The lowest BCUT2D eigenvalue weighted by Gasteiger charge is -2.36. The lowest BCUT2D eigenvalue weighted by atomic mass is 9.70. The summed E-state index contributed by atoms with van der Waals surface area (Å²) in [5, 5.41) is 1.24. The van der Waals surface area contributed by atoms with Crippen LogP contribution in [0.2, 0.25) is 0 Å². The summed E-state index contributed by atoms with van der Waals surface area (Å²) in [6.07, 6.45) is 4.41. The number of fused-ring (bicyclic) bond motifs is 1. The maximum absolute atomic E-state index is 5.76. The number of aromatic nitrogens is 1. The van der Waals surface area contributed by atoms with Gasteiger partial charge in [0.2, 0.25) is 0 Å². The van der Waals surface area contributed by atoms with E-state index in [-0.39, 0.29) is 0 Å². The molecule has 3 rings (SSSR count). The van der Waals surface area contributed by atoms with Crippen molar-refractivity contribution in [3.8, 4) is 0 Å². The lowest BCUT2D eigenvalue weighted by Crippen LogP contribution is -2.30. The highest BCUT2D eigenvalue weighted by atomic mass is 14.6. The molecule has 82 valence electrons. The topological polar surface area (TPSA) is 38.9 Å². The summed E-state index contributed by atoms with van der Waals surface area (Å²) >= 11 is 0. The minimum Gasteiger partial charge on any atom is -0.330 e. The molecule has 2 aromatic rings. The van der Waals surface area contributed by atoms with E-state index in [4.69, 9.17) is 5.73 Å². The van der Waals surface area contributed by atoms with Crippen molar-refractivity contribution in [3.05, 3.63) is 42.1 Å². The monoisotopic (exact) mass is 212 g/mol. The molecule has 2 nitrogen and oxygen atoms in total. The molecule has 0 amide bonds. The number of rotatable bonds is 2. The van der Waals surface area contributed by atoms with Crippen molar-refractivity contribution in [2.75, 3.05) is 6.54 Å². The molecular weight excluding hydrogens is 196 g/mol. The Morgan fingerprint density at radius 3 is 2.94 bits per heavy atom. The quantitative estimate of drug-likeness (QED) is 0.831. The third-order valence-corrected chi connectivity index (χ3v) is 3.78. The average Bonchev–Trinajstić information content (AvgIpc) is 2.28. The highest BCUT2D eigenvalue weighted by molar-refractivity contribution is 5.79. The standard InChI is InChI=1S/C14H16N2/c15-9-12-3-5-13(12)10-4-6-14-11(8-10)2-1-7-16-14/h1-2,4,6-8,12-13H,3,5,9,15H2. The summed E-state index contributed by atoms with van der Waals surface area (Å²) in [5.74, 6) is 1.36. The van der Waals surface area contributed by atoms with E-state index in [2.05, 4.69) is 29.2 Å². The van der Waals surface area contributed by atoms with Crippen LogP contribution in [0.25, 0.3) is 10.9 Å². The molecule has 0 aliphatic heterocycles. The maximum Gasteiger partial charge on any atom is 0.0702 e. The van der Waals surface area contributed by atoms with Crippen LogP contribution in [-0.2, 0) is 0 Å². The summed E-state index contributed by atoms with van der Waals surface area (Å²) in [6, 6.07) is 10.7. The van der Waals surface area contributed by atoms with Gasteiger partial charge in [-0.3, -0.25) is 4.98 Å². The molecule has 2 N–H and O–H groups in total. The van der Waals surface area contributed by atoms with Crippen LogP contribution in [0.1, 0.15) is 24.3 Å². The van der Waals surface area contributed by atoms with Crippen molar-refractivity contribution in [2.24, 2.45) is 11.7 Å². The van der Waals surface area contributed by atoms with E-state index in [9.17, 15) is 0 Å². The fourth-order valence-corrected chi connectivity index (χ4v) is 2.61. The molecule has 0 radical (unpaired) electrons. The van der Waals surface area contributed by atoms with Crippen molar-refractivity contribution in [3.63, 3.8) is 0 Å². The predicted molar refractivity (Wildman–Crippen MR) is 66.3 cm³/mol. The van der Waals surface area contributed by atoms with Gasteiger partial charge < -0.3 is 5.73 Å². The summed E-state index contributed by atoms with van der Waals surface area (Å²) in [5.41, 5.74) is 8.27. The zero-order valence-electron chi connectivity index (χ0n) is 9.26. The molecule has 2 unspecified atom stereocenters. The van der Waals surface area contributed by atoms with Crippen molar-refractivity contribution in [1.29, 1.82) is 0 Å². The van der Waals surface area contributed by atoms with Crippen molar-refractivity contribution >= 4 is 10.9 Å². The van der Waals surface area contributed by atoms with Crippen LogP contribution in [0, 0.1) is 5.92 Å².